The maximum absolute atomic E-state index is 12.2. The van der Waals surface area contributed by atoms with Crippen LogP contribution in [0.25, 0.3) is 22.4 Å². The number of oxazole rings is 1. The molecular formula is C21H17N3O5S. The number of nitrogens with zero attached hydrogens (tertiary/aromatic N) is 2. The molecule has 9 heteroatoms. The first kappa shape index (κ1) is 19.6. The second kappa shape index (κ2) is 8.34. The molecule has 8 nitrogen and oxygen atoms in total. The highest BCUT2D eigenvalue weighted by Crippen LogP contribution is 2.24. The highest BCUT2D eigenvalue weighted by Gasteiger charge is 2.14. The lowest BCUT2D eigenvalue weighted by atomic mass is 10.1. The molecule has 0 aliphatic carbocycles. The molecule has 0 radical (unpaired) electrons. The SMILES string of the molecule is Cc1nc(-c2cccc(NC(=O)COC(=O)Cn3c(=O)oc4ccccc43)c2)cs1. The minimum absolute atomic E-state index is 0.345. The van der Waals surface area contributed by atoms with Crippen molar-refractivity contribution in [3.8, 4) is 11.3 Å². The summed E-state index contributed by atoms with van der Waals surface area (Å²) in [6, 6.07) is 14.0. The van der Waals surface area contributed by atoms with E-state index in [-0.39, 0.29) is 6.54 Å². The first-order chi connectivity index (χ1) is 14.5. The van der Waals surface area contributed by atoms with E-state index in [4.69, 9.17) is 9.15 Å². The van der Waals surface area contributed by atoms with E-state index < -0.39 is 24.2 Å². The van der Waals surface area contributed by atoms with Gasteiger partial charge in [0.05, 0.1) is 16.2 Å². The molecule has 2 heterocycles. The van der Waals surface area contributed by atoms with Gasteiger partial charge in [-0.25, -0.2) is 9.78 Å². The van der Waals surface area contributed by atoms with Crippen molar-refractivity contribution in [1.82, 2.24) is 9.55 Å². The van der Waals surface area contributed by atoms with Crippen LogP contribution in [0.15, 0.2) is 63.1 Å². The largest absolute Gasteiger partial charge is 0.454 e. The van der Waals surface area contributed by atoms with Gasteiger partial charge in [0.1, 0.15) is 6.54 Å². The number of esters is 1. The number of amides is 1. The number of benzene rings is 2. The van der Waals surface area contributed by atoms with Gasteiger partial charge in [0.2, 0.25) is 0 Å². The molecule has 1 N–H and O–H groups in total. The first-order valence-electron chi connectivity index (χ1n) is 9.06. The van der Waals surface area contributed by atoms with Crippen LogP contribution in [-0.4, -0.2) is 28.0 Å². The number of para-hydroxylation sites is 2. The molecule has 0 fully saturated rings. The van der Waals surface area contributed by atoms with Crippen LogP contribution in [0, 0.1) is 6.92 Å². The van der Waals surface area contributed by atoms with Crippen molar-refractivity contribution in [3.05, 3.63) is 69.5 Å². The van der Waals surface area contributed by atoms with E-state index in [0.717, 1.165) is 20.8 Å². The first-order valence-corrected chi connectivity index (χ1v) is 9.94. The van der Waals surface area contributed by atoms with E-state index in [0.29, 0.717) is 16.8 Å². The number of thiazole rings is 1. The van der Waals surface area contributed by atoms with Gasteiger partial charge < -0.3 is 14.5 Å². The summed E-state index contributed by atoms with van der Waals surface area (Å²) in [4.78, 5) is 40.6. The minimum atomic E-state index is -0.717. The Kier molecular flexibility index (Phi) is 5.44. The summed E-state index contributed by atoms with van der Waals surface area (Å²) in [6.45, 7) is 1.11. The average molecular weight is 423 g/mol. The molecule has 0 bridgehead atoms. The minimum Gasteiger partial charge on any atom is -0.454 e. The Morgan fingerprint density at radius 2 is 2.03 bits per heavy atom. The van der Waals surface area contributed by atoms with E-state index in [2.05, 4.69) is 10.3 Å². The van der Waals surface area contributed by atoms with Gasteiger partial charge in [-0.1, -0.05) is 24.3 Å². The molecule has 0 saturated heterocycles. The van der Waals surface area contributed by atoms with Crippen molar-refractivity contribution < 1.29 is 18.7 Å². The molecule has 0 atom stereocenters. The summed E-state index contributed by atoms with van der Waals surface area (Å²) in [5.41, 5.74) is 3.13. The van der Waals surface area contributed by atoms with Crippen LogP contribution in [-0.2, 0) is 20.9 Å². The second-order valence-electron chi connectivity index (χ2n) is 6.46. The van der Waals surface area contributed by atoms with Crippen molar-refractivity contribution in [2.75, 3.05) is 11.9 Å². The topological polar surface area (TPSA) is 103 Å². The zero-order chi connectivity index (χ0) is 21.1. The number of nitrogens with one attached hydrogen (secondary N) is 1. The van der Waals surface area contributed by atoms with E-state index in [1.165, 1.54) is 0 Å². The third-order valence-corrected chi connectivity index (χ3v) is 5.06. The summed E-state index contributed by atoms with van der Waals surface area (Å²) < 4.78 is 11.2. The fourth-order valence-corrected chi connectivity index (χ4v) is 3.56. The number of aromatic nitrogens is 2. The van der Waals surface area contributed by atoms with Gasteiger partial charge in [-0.2, -0.15) is 0 Å². The Balaban J connectivity index is 1.35. The Labute approximate surface area is 174 Å². The van der Waals surface area contributed by atoms with Crippen LogP contribution < -0.4 is 11.1 Å². The average Bonchev–Trinajstić information content (AvgIpc) is 3.30. The highest BCUT2D eigenvalue weighted by molar-refractivity contribution is 7.09. The van der Waals surface area contributed by atoms with E-state index in [1.807, 2.05) is 24.4 Å². The number of carbonyl (C=O) groups is 2. The van der Waals surface area contributed by atoms with Crippen LogP contribution in [0.5, 0.6) is 0 Å². The zero-order valence-electron chi connectivity index (χ0n) is 16.0. The molecular weight excluding hydrogens is 406 g/mol. The third-order valence-electron chi connectivity index (χ3n) is 4.29. The summed E-state index contributed by atoms with van der Waals surface area (Å²) in [6.07, 6.45) is 0. The monoisotopic (exact) mass is 423 g/mol. The van der Waals surface area contributed by atoms with E-state index in [1.54, 1.807) is 47.7 Å². The predicted octanol–water partition coefficient (Wildman–Crippen LogP) is 3.21. The van der Waals surface area contributed by atoms with Gasteiger partial charge >= 0.3 is 11.7 Å². The molecule has 0 aliphatic rings. The lowest BCUT2D eigenvalue weighted by Gasteiger charge is -2.08. The van der Waals surface area contributed by atoms with Crippen molar-refractivity contribution >= 4 is 40.0 Å². The van der Waals surface area contributed by atoms with Gasteiger partial charge in [-0.05, 0) is 31.2 Å². The van der Waals surface area contributed by atoms with Gasteiger partial charge in [0.25, 0.3) is 5.91 Å². The molecule has 4 aromatic rings. The summed E-state index contributed by atoms with van der Waals surface area (Å²) >= 11 is 1.55. The van der Waals surface area contributed by atoms with Crippen LogP contribution >= 0.6 is 11.3 Å². The standard InChI is InChI=1S/C21H17N3O5S/c1-13-22-16(12-30-13)14-5-4-6-15(9-14)23-19(25)11-28-20(26)10-24-17-7-2-3-8-18(17)29-21(24)27/h2-9,12H,10-11H2,1H3,(H,23,25). The van der Waals surface area contributed by atoms with Crippen molar-refractivity contribution in [3.63, 3.8) is 0 Å². The Bertz CT molecular complexity index is 1290. The molecule has 0 saturated carbocycles. The molecule has 0 unspecified atom stereocenters. The summed E-state index contributed by atoms with van der Waals surface area (Å²) in [5.74, 6) is -1.86. The van der Waals surface area contributed by atoms with Crippen molar-refractivity contribution in [2.24, 2.45) is 0 Å². The highest BCUT2D eigenvalue weighted by atomic mass is 32.1. The smallest absolute Gasteiger partial charge is 0.420 e. The number of rotatable bonds is 6. The molecule has 4 rings (SSSR count). The van der Waals surface area contributed by atoms with Crippen LogP contribution in [0.4, 0.5) is 5.69 Å². The van der Waals surface area contributed by atoms with Gasteiger partial charge in [-0.3, -0.25) is 14.2 Å². The summed E-state index contributed by atoms with van der Waals surface area (Å²) in [5, 5.41) is 5.59. The summed E-state index contributed by atoms with van der Waals surface area (Å²) in [7, 11) is 0. The number of aryl methyl sites for hydroxylation is 1. The zero-order valence-corrected chi connectivity index (χ0v) is 16.8. The molecule has 1 amide bonds. The second-order valence-corrected chi connectivity index (χ2v) is 7.53. The lowest BCUT2D eigenvalue weighted by molar-refractivity contribution is -0.147. The number of ether oxygens (including phenoxy) is 1. The third kappa shape index (κ3) is 4.31. The Hall–Kier alpha value is -3.72. The normalized spacial score (nSPS) is 10.8. The molecule has 0 spiro atoms. The van der Waals surface area contributed by atoms with Gasteiger partial charge in [0, 0.05) is 16.6 Å². The number of carbonyl (C=O) groups excluding carboxylic acids is 2. The lowest BCUT2D eigenvalue weighted by Crippen LogP contribution is -2.25. The number of hydrogen-bond acceptors (Lipinski definition) is 7. The maximum Gasteiger partial charge on any atom is 0.420 e. The molecule has 2 aromatic heterocycles. The van der Waals surface area contributed by atoms with E-state index in [9.17, 15) is 14.4 Å². The number of anilines is 1. The molecule has 0 aliphatic heterocycles. The van der Waals surface area contributed by atoms with Crippen molar-refractivity contribution in [2.45, 2.75) is 13.5 Å². The Morgan fingerprint density at radius 3 is 2.83 bits per heavy atom. The van der Waals surface area contributed by atoms with Crippen LogP contribution in [0.3, 0.4) is 0 Å². The van der Waals surface area contributed by atoms with Crippen LogP contribution in [0.2, 0.25) is 0 Å². The van der Waals surface area contributed by atoms with E-state index >= 15 is 0 Å². The van der Waals surface area contributed by atoms with Crippen molar-refractivity contribution in [1.29, 1.82) is 0 Å². The molecule has 2 aromatic carbocycles. The van der Waals surface area contributed by atoms with Gasteiger partial charge in [0.15, 0.2) is 12.2 Å². The maximum atomic E-state index is 12.2. The number of hydrogen-bond donors (Lipinski definition) is 1. The fraction of sp³-hybridized carbons (Fsp3) is 0.143. The molecule has 30 heavy (non-hydrogen) atoms. The quantitative estimate of drug-likeness (QED) is 0.478. The number of fused-ring (bicyclic) bond motifs is 1. The fourth-order valence-electron chi connectivity index (χ4n) is 2.93. The van der Waals surface area contributed by atoms with Gasteiger partial charge in [-0.15, -0.1) is 11.3 Å². The molecule has 152 valence electrons. The van der Waals surface area contributed by atoms with Crippen LogP contribution in [0.1, 0.15) is 5.01 Å². The Morgan fingerprint density at radius 1 is 1.20 bits per heavy atom. The predicted molar refractivity (Wildman–Crippen MR) is 112 cm³/mol.